The fourth-order valence-electron chi connectivity index (χ4n) is 5.20. The molecule has 0 fully saturated rings. The summed E-state index contributed by atoms with van der Waals surface area (Å²) in [6, 6.07) is 0. The standard InChI is InChI=1S/C45H74O6/c1-4-7-10-13-16-19-21-23-26-29-32-35-38-44(47)50-41-42(40-49-43(46)37-34-31-28-25-18-15-12-9-6-3)51-45(48)39-36-33-30-27-24-22-20-17-14-11-8-5-2/h7-12,16-20,25,42H,4-6,13-15,21-24,26-41H2,1-3H3/b10-7-,11-8-,12-9-,19-16-,20-17-,25-18-. The molecule has 6 nitrogen and oxygen atoms in total. The highest BCUT2D eigenvalue weighted by Crippen LogP contribution is 2.12. The monoisotopic (exact) mass is 711 g/mol. The highest BCUT2D eigenvalue weighted by atomic mass is 16.6. The van der Waals surface area contributed by atoms with Crippen LogP contribution >= 0.6 is 0 Å². The molecule has 0 aromatic carbocycles. The van der Waals surface area contributed by atoms with E-state index in [1.165, 1.54) is 0 Å². The molecule has 51 heavy (non-hydrogen) atoms. The summed E-state index contributed by atoms with van der Waals surface area (Å²) in [5.74, 6) is -0.979. The molecule has 0 radical (unpaired) electrons. The molecule has 0 N–H and O–H groups in total. The molecule has 0 rings (SSSR count). The molecule has 290 valence electrons. The first-order chi connectivity index (χ1) is 25.0. The fourth-order valence-corrected chi connectivity index (χ4v) is 5.20. The first-order valence-corrected chi connectivity index (χ1v) is 20.4. The first-order valence-electron chi connectivity index (χ1n) is 20.4. The van der Waals surface area contributed by atoms with Crippen LogP contribution in [0.25, 0.3) is 0 Å². The zero-order chi connectivity index (χ0) is 37.3. The van der Waals surface area contributed by atoms with Crippen molar-refractivity contribution in [1.82, 2.24) is 0 Å². The molecular weight excluding hydrogens is 636 g/mol. The highest BCUT2D eigenvalue weighted by Gasteiger charge is 2.19. The molecule has 0 aliphatic carbocycles. The minimum atomic E-state index is -0.797. The van der Waals surface area contributed by atoms with Crippen LogP contribution in [0.15, 0.2) is 72.9 Å². The molecule has 0 aromatic rings. The van der Waals surface area contributed by atoms with Gasteiger partial charge in [-0.1, -0.05) is 132 Å². The van der Waals surface area contributed by atoms with Crippen LogP contribution in [-0.2, 0) is 28.6 Å². The van der Waals surface area contributed by atoms with Crippen molar-refractivity contribution in [3.63, 3.8) is 0 Å². The van der Waals surface area contributed by atoms with E-state index in [4.69, 9.17) is 14.2 Å². The van der Waals surface area contributed by atoms with Gasteiger partial charge in [-0.2, -0.15) is 0 Å². The van der Waals surface area contributed by atoms with Gasteiger partial charge < -0.3 is 14.2 Å². The van der Waals surface area contributed by atoms with Gasteiger partial charge in [-0.3, -0.25) is 14.4 Å². The normalized spacial score (nSPS) is 12.8. The van der Waals surface area contributed by atoms with Crippen LogP contribution < -0.4 is 0 Å². The van der Waals surface area contributed by atoms with Gasteiger partial charge in [0.1, 0.15) is 13.2 Å². The van der Waals surface area contributed by atoms with Crippen LogP contribution in [-0.4, -0.2) is 37.2 Å². The Morgan fingerprint density at radius 1 is 0.392 bits per heavy atom. The topological polar surface area (TPSA) is 78.9 Å². The number of esters is 3. The number of unbranched alkanes of at least 4 members (excludes halogenated alkanes) is 12. The highest BCUT2D eigenvalue weighted by molar-refractivity contribution is 5.71. The number of rotatable bonds is 35. The largest absolute Gasteiger partial charge is 0.462 e. The van der Waals surface area contributed by atoms with E-state index in [2.05, 4.69) is 93.7 Å². The third-order valence-corrected chi connectivity index (χ3v) is 8.19. The molecular formula is C45H74O6. The maximum absolute atomic E-state index is 12.6. The van der Waals surface area contributed by atoms with Crippen molar-refractivity contribution in [2.75, 3.05) is 13.2 Å². The predicted molar refractivity (Wildman–Crippen MR) is 214 cm³/mol. The Bertz CT molecular complexity index is 1000. The van der Waals surface area contributed by atoms with E-state index in [0.29, 0.717) is 19.3 Å². The molecule has 1 unspecified atom stereocenters. The van der Waals surface area contributed by atoms with Crippen LogP contribution in [0, 0.1) is 0 Å². The number of carbonyl (C=O) groups is 3. The molecule has 0 saturated heterocycles. The molecule has 0 heterocycles. The van der Waals surface area contributed by atoms with E-state index >= 15 is 0 Å². The Morgan fingerprint density at radius 3 is 1.12 bits per heavy atom. The van der Waals surface area contributed by atoms with Gasteiger partial charge in [0.05, 0.1) is 0 Å². The number of hydrogen-bond acceptors (Lipinski definition) is 6. The first kappa shape index (κ1) is 47.8. The Balaban J connectivity index is 4.46. The number of allylic oxidation sites excluding steroid dienone is 12. The van der Waals surface area contributed by atoms with Gasteiger partial charge in [0.25, 0.3) is 0 Å². The Hall–Kier alpha value is -3.15. The molecule has 0 amide bonds. The SMILES string of the molecule is CC/C=C\C/C=C\CCCCCCCC(=O)OCC(COC(=O)CCCC/C=C\C/C=C\CC)OC(=O)CCCCCCC/C=C\C/C=C\CC. The number of hydrogen-bond donors (Lipinski definition) is 0. The fraction of sp³-hybridized carbons (Fsp3) is 0.667. The molecule has 0 spiro atoms. The maximum atomic E-state index is 12.6. The molecule has 6 heteroatoms. The summed E-state index contributed by atoms with van der Waals surface area (Å²) < 4.78 is 16.6. The lowest BCUT2D eigenvalue weighted by Crippen LogP contribution is -2.30. The van der Waals surface area contributed by atoms with Gasteiger partial charge in [-0.05, 0) is 96.3 Å². The van der Waals surface area contributed by atoms with Gasteiger partial charge in [0.2, 0.25) is 0 Å². The zero-order valence-corrected chi connectivity index (χ0v) is 32.8. The Labute approximate surface area is 312 Å². The van der Waals surface area contributed by atoms with Gasteiger partial charge in [0.15, 0.2) is 6.10 Å². The smallest absolute Gasteiger partial charge is 0.306 e. The average molecular weight is 711 g/mol. The van der Waals surface area contributed by atoms with Gasteiger partial charge in [-0.25, -0.2) is 0 Å². The second kappa shape index (κ2) is 39.6. The molecule has 0 saturated carbocycles. The predicted octanol–water partition coefficient (Wildman–Crippen LogP) is 12.7. The Morgan fingerprint density at radius 2 is 0.706 bits per heavy atom. The van der Waals surface area contributed by atoms with Crippen LogP contribution in [0.1, 0.15) is 175 Å². The third-order valence-electron chi connectivity index (χ3n) is 8.19. The number of ether oxygens (including phenoxy) is 3. The minimum absolute atomic E-state index is 0.101. The third kappa shape index (κ3) is 37.9. The van der Waals surface area contributed by atoms with Crippen molar-refractivity contribution >= 4 is 17.9 Å². The van der Waals surface area contributed by atoms with Gasteiger partial charge in [-0.15, -0.1) is 0 Å². The molecule has 0 aliphatic heterocycles. The van der Waals surface area contributed by atoms with Crippen LogP contribution in [0.3, 0.4) is 0 Å². The van der Waals surface area contributed by atoms with Crippen LogP contribution in [0.2, 0.25) is 0 Å². The summed E-state index contributed by atoms with van der Waals surface area (Å²) in [5.41, 5.74) is 0. The minimum Gasteiger partial charge on any atom is -0.462 e. The number of carbonyl (C=O) groups excluding carboxylic acids is 3. The van der Waals surface area contributed by atoms with E-state index in [1.807, 2.05) is 0 Å². The summed E-state index contributed by atoms with van der Waals surface area (Å²) in [6.45, 7) is 6.20. The van der Waals surface area contributed by atoms with Crippen molar-refractivity contribution in [3.8, 4) is 0 Å². The molecule has 1 atom stereocenters. The van der Waals surface area contributed by atoms with Crippen LogP contribution in [0.5, 0.6) is 0 Å². The Kier molecular flexibility index (Phi) is 37.2. The van der Waals surface area contributed by atoms with E-state index in [-0.39, 0.29) is 31.1 Å². The average Bonchev–Trinajstić information content (AvgIpc) is 3.12. The maximum Gasteiger partial charge on any atom is 0.306 e. The van der Waals surface area contributed by atoms with Crippen molar-refractivity contribution < 1.29 is 28.6 Å². The molecule has 0 aliphatic rings. The van der Waals surface area contributed by atoms with E-state index in [1.54, 1.807) is 0 Å². The summed E-state index contributed by atoms with van der Waals surface area (Å²) >= 11 is 0. The van der Waals surface area contributed by atoms with Crippen molar-refractivity contribution in [1.29, 1.82) is 0 Å². The summed E-state index contributed by atoms with van der Waals surface area (Å²) in [4.78, 5) is 37.5. The van der Waals surface area contributed by atoms with Gasteiger partial charge in [0, 0.05) is 19.3 Å². The molecule has 0 bridgehead atoms. The van der Waals surface area contributed by atoms with Crippen molar-refractivity contribution in [2.24, 2.45) is 0 Å². The van der Waals surface area contributed by atoms with E-state index < -0.39 is 6.10 Å². The lowest BCUT2D eigenvalue weighted by Gasteiger charge is -2.18. The lowest BCUT2D eigenvalue weighted by molar-refractivity contribution is -0.167. The lowest BCUT2D eigenvalue weighted by atomic mass is 10.1. The summed E-state index contributed by atoms with van der Waals surface area (Å²) in [6.07, 6.45) is 47.6. The van der Waals surface area contributed by atoms with E-state index in [0.717, 1.165) is 135 Å². The van der Waals surface area contributed by atoms with E-state index in [9.17, 15) is 14.4 Å². The van der Waals surface area contributed by atoms with Gasteiger partial charge >= 0.3 is 17.9 Å². The van der Waals surface area contributed by atoms with Crippen molar-refractivity contribution in [3.05, 3.63) is 72.9 Å². The second-order valence-corrected chi connectivity index (χ2v) is 13.1. The summed E-state index contributed by atoms with van der Waals surface area (Å²) in [7, 11) is 0. The van der Waals surface area contributed by atoms with Crippen LogP contribution in [0.4, 0.5) is 0 Å². The van der Waals surface area contributed by atoms with Crippen molar-refractivity contribution in [2.45, 2.75) is 181 Å². The summed E-state index contributed by atoms with van der Waals surface area (Å²) in [5, 5.41) is 0. The quantitative estimate of drug-likeness (QED) is 0.0282. The second-order valence-electron chi connectivity index (χ2n) is 13.1. The molecule has 0 aromatic heterocycles. The zero-order valence-electron chi connectivity index (χ0n) is 32.8.